The molecule has 0 spiro atoms. The van der Waals surface area contributed by atoms with Crippen molar-refractivity contribution in [1.29, 1.82) is 0 Å². The molecule has 2 N–H and O–H groups in total. The minimum atomic E-state index is -0.170. The average molecular weight is 271 g/mol. The molecule has 0 atom stereocenters. The zero-order chi connectivity index (χ0) is 13.2. The Morgan fingerprint density at radius 2 is 1.95 bits per heavy atom. The molecule has 0 aliphatic carbocycles. The highest BCUT2D eigenvalue weighted by molar-refractivity contribution is 6.33. The highest BCUT2D eigenvalue weighted by Gasteiger charge is 2.08. The highest BCUT2D eigenvalue weighted by Crippen LogP contribution is 2.22. The van der Waals surface area contributed by atoms with Gasteiger partial charge in [0.05, 0.1) is 10.7 Å². The quantitative estimate of drug-likeness (QED) is 0.724. The van der Waals surface area contributed by atoms with Crippen molar-refractivity contribution in [3.8, 4) is 0 Å². The van der Waals surface area contributed by atoms with Gasteiger partial charge >= 0.3 is 0 Å². The van der Waals surface area contributed by atoms with Crippen molar-refractivity contribution in [3.05, 3.63) is 65.3 Å². The molecule has 0 saturated heterocycles. The van der Waals surface area contributed by atoms with Gasteiger partial charge in [-0.05, 0) is 36.4 Å². The Morgan fingerprint density at radius 1 is 1.11 bits per heavy atom. The SMILES string of the molecule is O=C(Nc1ccccc1Cl)c1ccc2[nH]ccc2c1. The van der Waals surface area contributed by atoms with Gasteiger partial charge in [-0.1, -0.05) is 23.7 Å². The summed E-state index contributed by atoms with van der Waals surface area (Å²) in [6, 6.07) is 14.6. The lowest BCUT2D eigenvalue weighted by Gasteiger charge is -2.07. The Balaban J connectivity index is 1.89. The van der Waals surface area contributed by atoms with Crippen molar-refractivity contribution < 1.29 is 4.79 Å². The molecule has 2 aromatic carbocycles. The molecule has 0 fully saturated rings. The van der Waals surface area contributed by atoms with Crippen LogP contribution < -0.4 is 5.32 Å². The number of carbonyl (C=O) groups excluding carboxylic acids is 1. The molecule has 3 nitrogen and oxygen atoms in total. The van der Waals surface area contributed by atoms with Crippen LogP contribution in [0.1, 0.15) is 10.4 Å². The number of carbonyl (C=O) groups is 1. The smallest absolute Gasteiger partial charge is 0.255 e. The number of H-pyrrole nitrogens is 1. The molecular formula is C15H11ClN2O. The van der Waals surface area contributed by atoms with Crippen molar-refractivity contribution in [2.45, 2.75) is 0 Å². The van der Waals surface area contributed by atoms with Crippen LogP contribution in [0.15, 0.2) is 54.7 Å². The molecule has 1 amide bonds. The van der Waals surface area contributed by atoms with E-state index < -0.39 is 0 Å². The summed E-state index contributed by atoms with van der Waals surface area (Å²) in [6.45, 7) is 0. The number of benzene rings is 2. The molecule has 1 heterocycles. The van der Waals surface area contributed by atoms with E-state index >= 15 is 0 Å². The molecule has 3 rings (SSSR count). The molecule has 1 aromatic heterocycles. The van der Waals surface area contributed by atoms with Crippen LogP contribution in [0.5, 0.6) is 0 Å². The summed E-state index contributed by atoms with van der Waals surface area (Å²) in [5, 5.41) is 4.34. The van der Waals surface area contributed by atoms with Gasteiger partial charge in [-0.15, -0.1) is 0 Å². The second-order valence-electron chi connectivity index (χ2n) is 4.21. The van der Waals surface area contributed by atoms with E-state index in [-0.39, 0.29) is 5.91 Å². The Hall–Kier alpha value is -2.26. The second-order valence-corrected chi connectivity index (χ2v) is 4.62. The van der Waals surface area contributed by atoms with Crippen LogP contribution in [-0.2, 0) is 0 Å². The van der Waals surface area contributed by atoms with E-state index in [4.69, 9.17) is 11.6 Å². The fourth-order valence-corrected chi connectivity index (χ4v) is 2.13. The lowest BCUT2D eigenvalue weighted by atomic mass is 10.1. The number of aromatic amines is 1. The second kappa shape index (κ2) is 4.78. The van der Waals surface area contributed by atoms with E-state index in [0.717, 1.165) is 10.9 Å². The van der Waals surface area contributed by atoms with Gasteiger partial charge in [0.15, 0.2) is 0 Å². The van der Waals surface area contributed by atoms with E-state index in [9.17, 15) is 4.79 Å². The highest BCUT2D eigenvalue weighted by atomic mass is 35.5. The Bertz CT molecular complexity index is 748. The van der Waals surface area contributed by atoms with Crippen molar-refractivity contribution in [2.24, 2.45) is 0 Å². The summed E-state index contributed by atoms with van der Waals surface area (Å²) < 4.78 is 0. The lowest BCUT2D eigenvalue weighted by molar-refractivity contribution is 0.102. The van der Waals surface area contributed by atoms with Gasteiger partial charge in [0, 0.05) is 22.7 Å². The van der Waals surface area contributed by atoms with Gasteiger partial charge in [0.25, 0.3) is 5.91 Å². The summed E-state index contributed by atoms with van der Waals surface area (Å²) in [5.41, 5.74) is 2.23. The van der Waals surface area contributed by atoms with Gasteiger partial charge in [-0.2, -0.15) is 0 Å². The lowest BCUT2D eigenvalue weighted by Crippen LogP contribution is -2.11. The van der Waals surface area contributed by atoms with E-state index in [1.165, 1.54) is 0 Å². The average Bonchev–Trinajstić information content (AvgIpc) is 2.88. The minimum absolute atomic E-state index is 0.170. The van der Waals surface area contributed by atoms with Gasteiger partial charge in [-0.25, -0.2) is 0 Å². The van der Waals surface area contributed by atoms with Crippen LogP contribution in [0.4, 0.5) is 5.69 Å². The van der Waals surface area contributed by atoms with E-state index in [0.29, 0.717) is 16.3 Å². The first-order valence-corrected chi connectivity index (χ1v) is 6.25. The number of halogens is 1. The van der Waals surface area contributed by atoms with Crippen molar-refractivity contribution >= 4 is 34.1 Å². The van der Waals surface area contributed by atoms with Crippen LogP contribution in [0, 0.1) is 0 Å². The summed E-state index contributed by atoms with van der Waals surface area (Å²) in [5.74, 6) is -0.170. The van der Waals surface area contributed by atoms with Crippen LogP contribution in [-0.4, -0.2) is 10.9 Å². The molecule has 0 saturated carbocycles. The first kappa shape index (κ1) is 11.8. The van der Waals surface area contributed by atoms with Crippen LogP contribution in [0.3, 0.4) is 0 Å². The molecule has 0 radical (unpaired) electrons. The zero-order valence-corrected chi connectivity index (χ0v) is 10.7. The first-order valence-electron chi connectivity index (χ1n) is 5.87. The van der Waals surface area contributed by atoms with Crippen molar-refractivity contribution in [3.63, 3.8) is 0 Å². The van der Waals surface area contributed by atoms with Gasteiger partial charge in [-0.3, -0.25) is 4.79 Å². The third kappa shape index (κ3) is 2.33. The maximum absolute atomic E-state index is 12.2. The van der Waals surface area contributed by atoms with Crippen molar-refractivity contribution in [2.75, 3.05) is 5.32 Å². The number of amides is 1. The van der Waals surface area contributed by atoms with E-state index in [1.807, 2.05) is 36.5 Å². The van der Waals surface area contributed by atoms with E-state index in [2.05, 4.69) is 10.3 Å². The molecule has 0 aliphatic rings. The predicted molar refractivity (Wildman–Crippen MR) is 77.7 cm³/mol. The van der Waals surface area contributed by atoms with Crippen molar-refractivity contribution in [1.82, 2.24) is 4.98 Å². The monoisotopic (exact) mass is 270 g/mol. The minimum Gasteiger partial charge on any atom is -0.361 e. The van der Waals surface area contributed by atoms with Gasteiger partial charge in [0.1, 0.15) is 0 Å². The number of anilines is 1. The molecule has 94 valence electrons. The number of hydrogen-bond donors (Lipinski definition) is 2. The molecule has 4 heteroatoms. The zero-order valence-electron chi connectivity index (χ0n) is 9.98. The number of para-hydroxylation sites is 1. The number of fused-ring (bicyclic) bond motifs is 1. The molecule has 0 aliphatic heterocycles. The molecule has 19 heavy (non-hydrogen) atoms. The first-order chi connectivity index (χ1) is 9.24. The fraction of sp³-hybridized carbons (Fsp3) is 0. The Morgan fingerprint density at radius 3 is 2.79 bits per heavy atom. The molecule has 0 bridgehead atoms. The normalized spacial score (nSPS) is 10.6. The van der Waals surface area contributed by atoms with Crippen LogP contribution in [0.25, 0.3) is 10.9 Å². The summed E-state index contributed by atoms with van der Waals surface area (Å²) in [7, 11) is 0. The summed E-state index contributed by atoms with van der Waals surface area (Å²) >= 11 is 6.01. The number of hydrogen-bond acceptors (Lipinski definition) is 1. The number of nitrogens with one attached hydrogen (secondary N) is 2. The van der Waals surface area contributed by atoms with Gasteiger partial charge < -0.3 is 10.3 Å². The summed E-state index contributed by atoms with van der Waals surface area (Å²) in [4.78, 5) is 15.2. The fourth-order valence-electron chi connectivity index (χ4n) is 1.95. The Kier molecular flexibility index (Phi) is 2.97. The van der Waals surface area contributed by atoms with Crippen LogP contribution >= 0.6 is 11.6 Å². The molecular weight excluding hydrogens is 260 g/mol. The standard InChI is InChI=1S/C15H11ClN2O/c16-12-3-1-2-4-14(12)18-15(19)11-5-6-13-10(9-11)7-8-17-13/h1-9,17H,(H,18,19). The number of rotatable bonds is 2. The third-order valence-electron chi connectivity index (χ3n) is 2.94. The third-order valence-corrected chi connectivity index (χ3v) is 3.27. The largest absolute Gasteiger partial charge is 0.361 e. The van der Waals surface area contributed by atoms with E-state index in [1.54, 1.807) is 18.2 Å². The maximum Gasteiger partial charge on any atom is 0.255 e. The molecule has 3 aromatic rings. The predicted octanol–water partition coefficient (Wildman–Crippen LogP) is 4.07. The Labute approximate surface area is 115 Å². The van der Waals surface area contributed by atoms with Crippen LogP contribution in [0.2, 0.25) is 5.02 Å². The number of aromatic nitrogens is 1. The summed E-state index contributed by atoms with van der Waals surface area (Å²) in [6.07, 6.45) is 1.85. The molecule has 0 unspecified atom stereocenters. The van der Waals surface area contributed by atoms with Gasteiger partial charge in [0.2, 0.25) is 0 Å². The topological polar surface area (TPSA) is 44.9 Å². The maximum atomic E-state index is 12.2.